The van der Waals surface area contributed by atoms with Gasteiger partial charge in [-0.3, -0.25) is 9.59 Å². The summed E-state index contributed by atoms with van der Waals surface area (Å²) in [5, 5.41) is 16.3. The van der Waals surface area contributed by atoms with Gasteiger partial charge in [-0.2, -0.15) is 0 Å². The lowest BCUT2D eigenvalue weighted by molar-refractivity contribution is -0.113. The maximum atomic E-state index is 13.0. The molecule has 0 aliphatic heterocycles. The molecular formula is C25H26Cl3N5O2S. The molecule has 2 N–H and O–H groups in total. The quantitative estimate of drug-likeness (QED) is 0.213. The zero-order valence-corrected chi connectivity index (χ0v) is 23.1. The van der Waals surface area contributed by atoms with Crippen molar-refractivity contribution in [2.45, 2.75) is 38.5 Å². The number of carbonyl (C=O) groups excluding carboxylic acids is 2. The van der Waals surface area contributed by atoms with E-state index in [1.165, 1.54) is 17.8 Å². The predicted octanol–water partition coefficient (Wildman–Crippen LogP) is 6.59. The maximum absolute atomic E-state index is 13.0. The third-order valence-corrected chi connectivity index (χ3v) is 7.17. The van der Waals surface area contributed by atoms with E-state index in [0.29, 0.717) is 38.8 Å². The van der Waals surface area contributed by atoms with E-state index in [4.69, 9.17) is 34.8 Å². The van der Waals surface area contributed by atoms with Crippen molar-refractivity contribution in [1.82, 2.24) is 20.1 Å². The second-order valence-electron chi connectivity index (χ2n) is 8.36. The summed E-state index contributed by atoms with van der Waals surface area (Å²) in [4.78, 5) is 25.5. The summed E-state index contributed by atoms with van der Waals surface area (Å²) in [7, 11) is 0. The van der Waals surface area contributed by atoms with Crippen molar-refractivity contribution in [3.63, 3.8) is 0 Å². The van der Waals surface area contributed by atoms with Crippen LogP contribution in [0, 0.1) is 12.8 Å². The van der Waals surface area contributed by atoms with Crippen molar-refractivity contribution in [3.05, 3.63) is 81.1 Å². The maximum Gasteiger partial charge on any atom is 0.253 e. The van der Waals surface area contributed by atoms with Crippen molar-refractivity contribution >= 4 is 64.1 Å². The fourth-order valence-corrected chi connectivity index (χ4v) is 4.79. The van der Waals surface area contributed by atoms with Crippen LogP contribution in [0.1, 0.15) is 41.6 Å². The molecule has 36 heavy (non-hydrogen) atoms. The Balaban J connectivity index is 1.76. The van der Waals surface area contributed by atoms with E-state index >= 15 is 0 Å². The van der Waals surface area contributed by atoms with Gasteiger partial charge < -0.3 is 15.2 Å². The van der Waals surface area contributed by atoms with E-state index < -0.39 is 6.04 Å². The Morgan fingerprint density at radius 3 is 2.50 bits per heavy atom. The zero-order valence-electron chi connectivity index (χ0n) is 20.0. The highest BCUT2D eigenvalue weighted by Crippen LogP contribution is 2.28. The van der Waals surface area contributed by atoms with Gasteiger partial charge in [-0.15, -0.1) is 16.8 Å². The van der Waals surface area contributed by atoms with Crippen LogP contribution in [0.15, 0.2) is 54.2 Å². The second kappa shape index (κ2) is 12.6. The largest absolute Gasteiger partial charge is 0.342 e. The number of benzene rings is 2. The minimum atomic E-state index is -0.463. The Hall–Kier alpha value is -2.52. The molecule has 0 aliphatic rings. The van der Waals surface area contributed by atoms with Crippen molar-refractivity contribution < 1.29 is 9.59 Å². The molecule has 0 saturated heterocycles. The fourth-order valence-electron chi connectivity index (χ4n) is 3.36. The first-order valence-electron chi connectivity index (χ1n) is 11.1. The normalized spacial score (nSPS) is 11.9. The number of halogens is 3. The number of hydrogen-bond acceptors (Lipinski definition) is 5. The monoisotopic (exact) mass is 565 g/mol. The summed E-state index contributed by atoms with van der Waals surface area (Å²) >= 11 is 19.6. The van der Waals surface area contributed by atoms with Gasteiger partial charge in [0, 0.05) is 22.3 Å². The molecule has 2 aromatic carbocycles. The first-order chi connectivity index (χ1) is 17.1. The summed E-state index contributed by atoms with van der Waals surface area (Å²) < 4.78 is 1.84. The average Bonchev–Trinajstić information content (AvgIpc) is 3.20. The minimum Gasteiger partial charge on any atom is -0.342 e. The van der Waals surface area contributed by atoms with Crippen LogP contribution in [0.3, 0.4) is 0 Å². The second-order valence-corrected chi connectivity index (χ2v) is 10.6. The van der Waals surface area contributed by atoms with E-state index in [9.17, 15) is 9.59 Å². The first kappa shape index (κ1) is 28.1. The molecule has 3 rings (SSSR count). The molecule has 0 aliphatic carbocycles. The average molecular weight is 567 g/mol. The third-order valence-electron chi connectivity index (χ3n) is 5.25. The summed E-state index contributed by atoms with van der Waals surface area (Å²) in [5.74, 6) is 0.0891. The number of aryl methyl sites for hydroxylation is 1. The van der Waals surface area contributed by atoms with Crippen LogP contribution < -0.4 is 10.6 Å². The molecule has 0 radical (unpaired) electrons. The molecule has 0 spiro atoms. The molecule has 3 aromatic rings. The van der Waals surface area contributed by atoms with Crippen molar-refractivity contribution in [1.29, 1.82) is 0 Å². The van der Waals surface area contributed by atoms with Crippen LogP contribution in [-0.4, -0.2) is 32.3 Å². The molecule has 0 unspecified atom stereocenters. The first-order valence-corrected chi connectivity index (χ1v) is 13.2. The number of amides is 2. The molecule has 0 fully saturated rings. The van der Waals surface area contributed by atoms with Crippen LogP contribution >= 0.6 is 46.6 Å². The van der Waals surface area contributed by atoms with Crippen molar-refractivity contribution in [2.24, 2.45) is 5.92 Å². The van der Waals surface area contributed by atoms with Gasteiger partial charge in [0.05, 0.1) is 22.4 Å². The number of nitrogens with zero attached hydrogens (tertiary/aromatic N) is 3. The van der Waals surface area contributed by atoms with Crippen LogP contribution in [-0.2, 0) is 11.3 Å². The number of allylic oxidation sites excluding steroid dienone is 1. The lowest BCUT2D eigenvalue weighted by Gasteiger charge is -2.23. The Morgan fingerprint density at radius 2 is 1.86 bits per heavy atom. The van der Waals surface area contributed by atoms with Gasteiger partial charge in [0.2, 0.25) is 5.91 Å². The van der Waals surface area contributed by atoms with Gasteiger partial charge in [-0.25, -0.2) is 0 Å². The molecule has 7 nitrogen and oxygen atoms in total. The molecule has 0 saturated carbocycles. The third kappa shape index (κ3) is 7.03. The number of carbonyl (C=O) groups is 2. The SMILES string of the molecule is C=CCn1c(SCC(=O)Nc2ccc(C)c(Cl)c2)nnc1[C@H](NC(=O)c1ccc(Cl)cc1Cl)C(C)C. The number of aromatic nitrogens is 3. The Kier molecular flexibility index (Phi) is 9.84. The molecule has 190 valence electrons. The van der Waals surface area contributed by atoms with Crippen molar-refractivity contribution in [2.75, 3.05) is 11.1 Å². The topological polar surface area (TPSA) is 88.9 Å². The van der Waals surface area contributed by atoms with Gasteiger partial charge >= 0.3 is 0 Å². The standard InChI is InChI=1S/C25H26Cl3N5O2S/c1-5-10-33-23(22(14(2)3)30-24(35)18-9-7-16(26)11-20(18)28)31-32-25(33)36-13-21(34)29-17-8-6-15(4)19(27)12-17/h5-9,11-12,14,22H,1,10,13H2,2-4H3,(H,29,34)(H,30,35)/t22-/m1/s1. The van der Waals surface area contributed by atoms with E-state index in [1.807, 2.05) is 31.4 Å². The van der Waals surface area contributed by atoms with E-state index in [-0.39, 0.29) is 28.5 Å². The highest BCUT2D eigenvalue weighted by molar-refractivity contribution is 7.99. The Labute approximate surface area is 229 Å². The number of nitrogens with one attached hydrogen (secondary N) is 2. The van der Waals surface area contributed by atoms with Gasteiger partial charge in [0.25, 0.3) is 5.91 Å². The lowest BCUT2D eigenvalue weighted by Crippen LogP contribution is -2.34. The van der Waals surface area contributed by atoms with Crippen LogP contribution in [0.5, 0.6) is 0 Å². The van der Waals surface area contributed by atoms with E-state index in [2.05, 4.69) is 27.4 Å². The summed E-state index contributed by atoms with van der Waals surface area (Å²) in [6, 6.07) is 9.59. The fraction of sp³-hybridized carbons (Fsp3) is 0.280. The molecule has 1 heterocycles. The molecular weight excluding hydrogens is 541 g/mol. The number of rotatable bonds is 10. The highest BCUT2D eigenvalue weighted by Gasteiger charge is 2.27. The number of hydrogen-bond donors (Lipinski definition) is 2. The Bertz CT molecular complexity index is 1280. The number of anilines is 1. The van der Waals surface area contributed by atoms with E-state index in [0.717, 1.165) is 5.56 Å². The van der Waals surface area contributed by atoms with Gasteiger partial charge in [0.15, 0.2) is 11.0 Å². The smallest absolute Gasteiger partial charge is 0.253 e. The lowest BCUT2D eigenvalue weighted by atomic mass is 10.0. The molecule has 0 bridgehead atoms. The summed E-state index contributed by atoms with van der Waals surface area (Å²) in [5.41, 5.74) is 1.86. The van der Waals surface area contributed by atoms with Crippen LogP contribution in [0.25, 0.3) is 0 Å². The highest BCUT2D eigenvalue weighted by atomic mass is 35.5. The molecule has 11 heteroatoms. The molecule has 1 atom stereocenters. The van der Waals surface area contributed by atoms with Crippen LogP contribution in [0.4, 0.5) is 5.69 Å². The van der Waals surface area contributed by atoms with Crippen molar-refractivity contribution in [3.8, 4) is 0 Å². The summed E-state index contributed by atoms with van der Waals surface area (Å²) in [6.07, 6.45) is 1.71. The van der Waals surface area contributed by atoms with Gasteiger partial charge in [-0.1, -0.05) is 72.6 Å². The number of thioether (sulfide) groups is 1. The minimum absolute atomic E-state index is 0.0137. The van der Waals surface area contributed by atoms with Gasteiger partial charge in [-0.05, 0) is 48.7 Å². The van der Waals surface area contributed by atoms with Gasteiger partial charge in [0.1, 0.15) is 0 Å². The van der Waals surface area contributed by atoms with E-state index in [1.54, 1.807) is 30.3 Å². The summed E-state index contributed by atoms with van der Waals surface area (Å²) in [6.45, 7) is 10.1. The molecule has 1 aromatic heterocycles. The molecule has 2 amide bonds. The predicted molar refractivity (Wildman–Crippen MR) is 147 cm³/mol. The zero-order chi connectivity index (χ0) is 26.4. The van der Waals surface area contributed by atoms with Crippen LogP contribution in [0.2, 0.25) is 15.1 Å². The Morgan fingerprint density at radius 1 is 1.11 bits per heavy atom.